The molecule has 5 nitrogen and oxygen atoms in total. The number of rotatable bonds is 4. The van der Waals surface area contributed by atoms with Gasteiger partial charge in [0, 0.05) is 0 Å². The number of benzene rings is 3. The number of ether oxygens (including phenoxy) is 1. The first-order valence-electron chi connectivity index (χ1n) is 9.72. The zero-order valence-electron chi connectivity index (χ0n) is 16.0. The Kier molecular flexibility index (Phi) is 4.41. The molecule has 0 spiro atoms. The number of phenolic OH excluding ortho intramolecular Hbond substituents is 2. The van der Waals surface area contributed by atoms with Crippen LogP contribution in [0.4, 0.5) is 0 Å². The molecule has 1 saturated heterocycles. The van der Waals surface area contributed by atoms with Gasteiger partial charge in [0.2, 0.25) is 0 Å². The summed E-state index contributed by atoms with van der Waals surface area (Å²) in [5.74, 6) is 0.308. The summed E-state index contributed by atoms with van der Waals surface area (Å²) >= 11 is 0. The van der Waals surface area contributed by atoms with Gasteiger partial charge in [-0.25, -0.2) is 8.42 Å². The molecule has 3 aromatic rings. The molecule has 0 radical (unpaired) electrons. The minimum Gasteiger partial charge on any atom is -0.508 e. The van der Waals surface area contributed by atoms with E-state index in [4.69, 9.17) is 4.74 Å². The highest BCUT2D eigenvalue weighted by Gasteiger charge is 2.52. The molecule has 0 saturated carbocycles. The maximum Gasteiger partial charge on any atom is 0.184 e. The van der Waals surface area contributed by atoms with Crippen LogP contribution in [0.5, 0.6) is 11.5 Å². The van der Waals surface area contributed by atoms with Gasteiger partial charge in [-0.3, -0.25) is 0 Å². The SMILES string of the molecule is O=S(=O)(c1ccccc1)[C@H]1C[C@H]2O[C@@H]1C(c1ccc(O)cc1)=C2c1ccc(O)cc1. The Labute approximate surface area is 174 Å². The second kappa shape index (κ2) is 7.00. The molecule has 6 heteroatoms. The van der Waals surface area contributed by atoms with Crippen LogP contribution in [0.1, 0.15) is 17.5 Å². The third-order valence-corrected chi connectivity index (χ3v) is 7.98. The van der Waals surface area contributed by atoms with Crippen molar-refractivity contribution in [3.63, 3.8) is 0 Å². The van der Waals surface area contributed by atoms with Gasteiger partial charge in [0.1, 0.15) is 17.6 Å². The van der Waals surface area contributed by atoms with Crippen LogP contribution in [0.3, 0.4) is 0 Å². The molecule has 0 unspecified atom stereocenters. The van der Waals surface area contributed by atoms with Gasteiger partial charge in [0.25, 0.3) is 0 Å². The van der Waals surface area contributed by atoms with Crippen LogP contribution in [0.15, 0.2) is 83.8 Å². The number of aromatic hydroxyl groups is 2. The number of hydrogen-bond donors (Lipinski definition) is 2. The second-order valence-electron chi connectivity index (χ2n) is 7.60. The number of hydrogen-bond acceptors (Lipinski definition) is 5. The molecular formula is C24H20O5S. The van der Waals surface area contributed by atoms with E-state index in [0.717, 1.165) is 22.3 Å². The van der Waals surface area contributed by atoms with Gasteiger partial charge in [-0.1, -0.05) is 42.5 Å². The van der Waals surface area contributed by atoms with E-state index in [-0.39, 0.29) is 17.6 Å². The third-order valence-electron chi connectivity index (χ3n) is 5.82. The van der Waals surface area contributed by atoms with E-state index in [1.165, 1.54) is 0 Å². The Bertz CT molecular complexity index is 1210. The Morgan fingerprint density at radius 2 is 1.27 bits per heavy atom. The highest BCUT2D eigenvalue weighted by atomic mass is 32.2. The smallest absolute Gasteiger partial charge is 0.184 e. The van der Waals surface area contributed by atoms with Crippen molar-refractivity contribution >= 4 is 21.0 Å². The lowest BCUT2D eigenvalue weighted by atomic mass is 9.83. The summed E-state index contributed by atoms with van der Waals surface area (Å²) in [6, 6.07) is 22.1. The third kappa shape index (κ3) is 3.00. The van der Waals surface area contributed by atoms with Crippen molar-refractivity contribution in [2.75, 3.05) is 0 Å². The van der Waals surface area contributed by atoms with E-state index >= 15 is 0 Å². The highest BCUT2D eigenvalue weighted by Crippen LogP contribution is 2.51. The molecule has 152 valence electrons. The zero-order valence-corrected chi connectivity index (χ0v) is 16.8. The maximum absolute atomic E-state index is 13.4. The standard InChI is InChI=1S/C24H20O5S/c25-17-10-6-15(7-11-17)22-20-14-21(30(27,28)19-4-2-1-3-5-19)24(29-20)23(22)16-8-12-18(26)13-9-16/h1-13,20-21,24-26H,14H2/t20-,21+,24+/m1/s1. The normalized spacial score (nSPS) is 23.1. The summed E-state index contributed by atoms with van der Waals surface area (Å²) < 4.78 is 32.9. The van der Waals surface area contributed by atoms with Gasteiger partial charge < -0.3 is 14.9 Å². The van der Waals surface area contributed by atoms with E-state index in [1.54, 1.807) is 66.7 Å². The Balaban J connectivity index is 1.65. The van der Waals surface area contributed by atoms with Crippen LogP contribution in [0, 0.1) is 0 Å². The molecule has 2 aliphatic heterocycles. The van der Waals surface area contributed by atoms with Crippen LogP contribution in [0.25, 0.3) is 11.1 Å². The fourth-order valence-electron chi connectivity index (χ4n) is 4.44. The summed E-state index contributed by atoms with van der Waals surface area (Å²) in [6.07, 6.45) is -0.583. The Morgan fingerprint density at radius 3 is 1.83 bits per heavy atom. The minimum absolute atomic E-state index is 0.142. The van der Waals surface area contributed by atoms with E-state index in [1.807, 2.05) is 12.1 Å². The van der Waals surface area contributed by atoms with Crippen molar-refractivity contribution in [2.24, 2.45) is 0 Å². The van der Waals surface area contributed by atoms with E-state index in [0.29, 0.717) is 11.3 Å². The van der Waals surface area contributed by atoms with Gasteiger partial charge in [-0.2, -0.15) is 0 Å². The molecule has 1 fully saturated rings. The van der Waals surface area contributed by atoms with Crippen LogP contribution in [-0.2, 0) is 14.6 Å². The summed E-state index contributed by atoms with van der Waals surface area (Å²) in [4.78, 5) is 0.294. The summed E-state index contributed by atoms with van der Waals surface area (Å²) in [6.45, 7) is 0. The predicted octanol–water partition coefficient (Wildman–Crippen LogP) is 4.02. The molecule has 2 N–H and O–H groups in total. The molecule has 30 heavy (non-hydrogen) atoms. The van der Waals surface area contributed by atoms with E-state index in [2.05, 4.69) is 0 Å². The van der Waals surface area contributed by atoms with Crippen molar-refractivity contribution in [3.05, 3.63) is 90.0 Å². The summed E-state index contributed by atoms with van der Waals surface area (Å²) in [5, 5.41) is 18.7. The fourth-order valence-corrected chi connectivity index (χ4v) is 6.28. The van der Waals surface area contributed by atoms with Crippen LogP contribution >= 0.6 is 0 Å². The molecule has 0 aromatic heterocycles. The molecule has 0 aliphatic carbocycles. The van der Waals surface area contributed by atoms with Crippen molar-refractivity contribution in [1.82, 2.24) is 0 Å². The summed E-state index contributed by atoms with van der Waals surface area (Å²) in [7, 11) is -3.58. The van der Waals surface area contributed by atoms with Gasteiger partial charge in [-0.05, 0) is 65.1 Å². The monoisotopic (exact) mass is 420 g/mol. The van der Waals surface area contributed by atoms with E-state index in [9.17, 15) is 18.6 Å². The Hall–Kier alpha value is -3.09. The lowest BCUT2D eigenvalue weighted by molar-refractivity contribution is 0.128. The molecule has 3 aromatic carbocycles. The lowest BCUT2D eigenvalue weighted by Gasteiger charge is -2.25. The van der Waals surface area contributed by atoms with Crippen LogP contribution in [0.2, 0.25) is 0 Å². The average molecular weight is 420 g/mol. The minimum atomic E-state index is -3.58. The molecule has 2 bridgehead atoms. The van der Waals surface area contributed by atoms with Gasteiger partial charge >= 0.3 is 0 Å². The van der Waals surface area contributed by atoms with Gasteiger partial charge in [0.15, 0.2) is 9.84 Å². The molecule has 2 heterocycles. The first-order chi connectivity index (χ1) is 14.4. The molecular weight excluding hydrogens is 400 g/mol. The van der Waals surface area contributed by atoms with Crippen molar-refractivity contribution in [3.8, 4) is 11.5 Å². The van der Waals surface area contributed by atoms with E-state index < -0.39 is 21.2 Å². The Morgan fingerprint density at radius 1 is 0.733 bits per heavy atom. The van der Waals surface area contributed by atoms with Gasteiger partial charge in [0.05, 0.1) is 16.2 Å². The summed E-state index contributed by atoms with van der Waals surface area (Å²) in [5.41, 5.74) is 3.46. The molecule has 5 rings (SSSR count). The molecule has 2 aliphatic rings. The first kappa shape index (κ1) is 18.9. The maximum atomic E-state index is 13.4. The van der Waals surface area contributed by atoms with Gasteiger partial charge in [-0.15, -0.1) is 0 Å². The van der Waals surface area contributed by atoms with Crippen molar-refractivity contribution in [1.29, 1.82) is 0 Å². The number of sulfone groups is 1. The first-order valence-corrected chi connectivity index (χ1v) is 11.3. The van der Waals surface area contributed by atoms with Crippen LogP contribution < -0.4 is 0 Å². The average Bonchev–Trinajstić information content (AvgIpc) is 3.35. The highest BCUT2D eigenvalue weighted by molar-refractivity contribution is 7.92. The molecule has 3 atom stereocenters. The van der Waals surface area contributed by atoms with Crippen molar-refractivity contribution in [2.45, 2.75) is 28.8 Å². The fraction of sp³-hybridized carbons (Fsp3) is 0.167. The number of fused-ring (bicyclic) bond motifs is 2. The quantitative estimate of drug-likeness (QED) is 0.666. The zero-order chi connectivity index (χ0) is 20.9. The lowest BCUT2D eigenvalue weighted by Crippen LogP contribution is -2.32. The number of phenols is 2. The topological polar surface area (TPSA) is 83.8 Å². The van der Waals surface area contributed by atoms with Crippen molar-refractivity contribution < 1.29 is 23.4 Å². The van der Waals surface area contributed by atoms with Crippen LogP contribution in [-0.4, -0.2) is 36.1 Å². The molecule has 0 amide bonds. The largest absolute Gasteiger partial charge is 0.508 e. The predicted molar refractivity (Wildman–Crippen MR) is 114 cm³/mol. The second-order valence-corrected chi connectivity index (χ2v) is 9.77.